The molecule has 1 unspecified atom stereocenters. The van der Waals surface area contributed by atoms with Crippen molar-refractivity contribution in [3.8, 4) is 5.75 Å². The van der Waals surface area contributed by atoms with Gasteiger partial charge in [0, 0.05) is 27.2 Å². The SMILES string of the molecule is Oc1ccc2c(c1)C1=NN(c3ccc(Cl)cc3)CC1CS2. The van der Waals surface area contributed by atoms with Crippen molar-refractivity contribution >= 4 is 34.8 Å². The van der Waals surface area contributed by atoms with Gasteiger partial charge < -0.3 is 5.11 Å². The van der Waals surface area contributed by atoms with E-state index < -0.39 is 0 Å². The standard InChI is InChI=1S/C16H13ClN2OS/c17-11-1-3-12(4-2-11)19-8-10-9-21-15-6-5-13(20)7-14(15)16(10)18-19/h1-7,10,20H,8-9H2. The molecule has 4 rings (SSSR count). The molecule has 2 aliphatic rings. The van der Waals surface area contributed by atoms with Crippen LogP contribution in [0, 0.1) is 5.92 Å². The van der Waals surface area contributed by atoms with Crippen LogP contribution in [0.4, 0.5) is 5.69 Å². The average Bonchev–Trinajstić information content (AvgIpc) is 2.92. The molecule has 0 aliphatic carbocycles. The van der Waals surface area contributed by atoms with Gasteiger partial charge in [-0.3, -0.25) is 5.01 Å². The van der Waals surface area contributed by atoms with Crippen LogP contribution in [0.5, 0.6) is 5.75 Å². The predicted molar refractivity (Wildman–Crippen MR) is 87.7 cm³/mol. The second kappa shape index (κ2) is 4.97. The van der Waals surface area contributed by atoms with E-state index in [9.17, 15) is 5.11 Å². The number of hydrazone groups is 1. The number of thioether (sulfide) groups is 1. The Balaban J connectivity index is 1.73. The minimum atomic E-state index is 0.294. The molecule has 0 radical (unpaired) electrons. The highest BCUT2D eigenvalue weighted by Crippen LogP contribution is 2.39. The summed E-state index contributed by atoms with van der Waals surface area (Å²) >= 11 is 7.77. The molecule has 2 aromatic rings. The molecule has 0 bridgehead atoms. The van der Waals surface area contributed by atoms with E-state index in [-0.39, 0.29) is 0 Å². The summed E-state index contributed by atoms with van der Waals surface area (Å²) in [5.74, 6) is 1.73. The first-order valence-corrected chi connectivity index (χ1v) is 8.15. The molecule has 2 aromatic carbocycles. The molecule has 0 saturated heterocycles. The van der Waals surface area contributed by atoms with Gasteiger partial charge in [-0.05, 0) is 42.5 Å². The van der Waals surface area contributed by atoms with E-state index in [0.717, 1.165) is 34.3 Å². The number of hydrogen-bond acceptors (Lipinski definition) is 4. The minimum Gasteiger partial charge on any atom is -0.508 e. The first kappa shape index (κ1) is 13.0. The molecule has 2 heterocycles. The first-order valence-electron chi connectivity index (χ1n) is 6.78. The van der Waals surface area contributed by atoms with Crippen LogP contribution in [0.1, 0.15) is 5.56 Å². The molecule has 0 aromatic heterocycles. The van der Waals surface area contributed by atoms with E-state index in [4.69, 9.17) is 16.7 Å². The number of halogens is 1. The molecular formula is C16H13ClN2OS. The Kier molecular flexibility index (Phi) is 3.08. The number of phenols is 1. The maximum Gasteiger partial charge on any atom is 0.116 e. The van der Waals surface area contributed by atoms with Crippen LogP contribution in [0.25, 0.3) is 0 Å². The van der Waals surface area contributed by atoms with E-state index in [2.05, 4.69) is 0 Å². The molecule has 106 valence electrons. The van der Waals surface area contributed by atoms with Gasteiger partial charge in [-0.1, -0.05) is 11.6 Å². The molecule has 3 nitrogen and oxygen atoms in total. The molecule has 21 heavy (non-hydrogen) atoms. The van der Waals surface area contributed by atoms with Crippen LogP contribution >= 0.6 is 23.4 Å². The Morgan fingerprint density at radius 1 is 1.19 bits per heavy atom. The van der Waals surface area contributed by atoms with Gasteiger partial charge in [-0.25, -0.2) is 0 Å². The third-order valence-electron chi connectivity index (χ3n) is 3.81. The highest BCUT2D eigenvalue weighted by atomic mass is 35.5. The summed E-state index contributed by atoms with van der Waals surface area (Å²) in [6.45, 7) is 0.874. The largest absolute Gasteiger partial charge is 0.508 e. The lowest BCUT2D eigenvalue weighted by molar-refractivity contribution is 0.474. The average molecular weight is 317 g/mol. The predicted octanol–water partition coefficient (Wildman–Crippen LogP) is 3.99. The Bertz CT molecular complexity index is 730. The van der Waals surface area contributed by atoms with E-state index in [1.807, 2.05) is 53.2 Å². The van der Waals surface area contributed by atoms with Crippen molar-refractivity contribution in [2.24, 2.45) is 11.0 Å². The molecular weight excluding hydrogens is 304 g/mol. The normalized spacial score (nSPS) is 20.0. The summed E-state index contributed by atoms with van der Waals surface area (Å²) in [7, 11) is 0. The number of hydrogen-bond donors (Lipinski definition) is 1. The van der Waals surface area contributed by atoms with Gasteiger partial charge in [0.25, 0.3) is 0 Å². The number of benzene rings is 2. The van der Waals surface area contributed by atoms with Crippen LogP contribution in [-0.4, -0.2) is 23.1 Å². The fourth-order valence-electron chi connectivity index (χ4n) is 2.76. The molecule has 1 N–H and O–H groups in total. The van der Waals surface area contributed by atoms with Gasteiger partial charge in [0.05, 0.1) is 17.9 Å². The third kappa shape index (κ3) is 2.28. The van der Waals surface area contributed by atoms with Crippen molar-refractivity contribution in [2.75, 3.05) is 17.3 Å². The van der Waals surface area contributed by atoms with Gasteiger partial charge in [0.15, 0.2) is 0 Å². The van der Waals surface area contributed by atoms with Crippen LogP contribution in [-0.2, 0) is 0 Å². The zero-order valence-electron chi connectivity index (χ0n) is 11.2. The van der Waals surface area contributed by atoms with E-state index >= 15 is 0 Å². The van der Waals surface area contributed by atoms with Gasteiger partial charge in [0.1, 0.15) is 5.75 Å². The molecule has 0 amide bonds. The van der Waals surface area contributed by atoms with Crippen molar-refractivity contribution in [3.63, 3.8) is 0 Å². The van der Waals surface area contributed by atoms with Crippen molar-refractivity contribution in [2.45, 2.75) is 4.90 Å². The molecule has 1 atom stereocenters. The fourth-order valence-corrected chi connectivity index (χ4v) is 4.02. The van der Waals surface area contributed by atoms with Crippen LogP contribution in [0.2, 0.25) is 5.02 Å². The van der Waals surface area contributed by atoms with Crippen molar-refractivity contribution in [1.82, 2.24) is 0 Å². The first-order chi connectivity index (χ1) is 10.2. The van der Waals surface area contributed by atoms with Crippen molar-refractivity contribution in [1.29, 1.82) is 0 Å². The summed E-state index contributed by atoms with van der Waals surface area (Å²) in [4.78, 5) is 1.20. The summed E-state index contributed by atoms with van der Waals surface area (Å²) in [5, 5.41) is 17.3. The number of rotatable bonds is 1. The quantitative estimate of drug-likeness (QED) is 0.864. The zero-order chi connectivity index (χ0) is 14.4. The molecule has 2 aliphatic heterocycles. The monoisotopic (exact) mass is 316 g/mol. The number of aromatic hydroxyl groups is 1. The van der Waals surface area contributed by atoms with Crippen LogP contribution < -0.4 is 5.01 Å². The van der Waals surface area contributed by atoms with Gasteiger partial charge in [-0.2, -0.15) is 5.10 Å². The maximum atomic E-state index is 9.73. The Morgan fingerprint density at radius 2 is 2.00 bits per heavy atom. The Labute approximate surface area is 132 Å². The third-order valence-corrected chi connectivity index (χ3v) is 5.30. The Morgan fingerprint density at radius 3 is 2.81 bits per heavy atom. The van der Waals surface area contributed by atoms with E-state index in [0.29, 0.717) is 11.7 Å². The molecule has 0 fully saturated rings. The lowest BCUT2D eigenvalue weighted by atomic mass is 9.98. The molecule has 5 heteroatoms. The zero-order valence-corrected chi connectivity index (χ0v) is 12.7. The Hall–Kier alpha value is -1.65. The van der Waals surface area contributed by atoms with Crippen molar-refractivity contribution < 1.29 is 5.11 Å². The summed E-state index contributed by atoms with van der Waals surface area (Å²) in [6, 6.07) is 13.3. The van der Waals surface area contributed by atoms with Crippen LogP contribution in [0.3, 0.4) is 0 Å². The summed E-state index contributed by atoms with van der Waals surface area (Å²) < 4.78 is 0. The number of nitrogens with zero attached hydrogens (tertiary/aromatic N) is 2. The second-order valence-corrected chi connectivity index (χ2v) is 6.73. The lowest BCUT2D eigenvalue weighted by Gasteiger charge is -2.21. The summed E-state index contributed by atoms with van der Waals surface area (Å²) in [6.07, 6.45) is 0. The topological polar surface area (TPSA) is 35.8 Å². The number of fused-ring (bicyclic) bond motifs is 3. The lowest BCUT2D eigenvalue weighted by Crippen LogP contribution is -2.24. The smallest absolute Gasteiger partial charge is 0.116 e. The molecule has 0 saturated carbocycles. The highest BCUT2D eigenvalue weighted by molar-refractivity contribution is 7.99. The number of anilines is 1. The number of phenolic OH excluding ortho intramolecular Hbond substituents is 1. The van der Waals surface area contributed by atoms with Crippen molar-refractivity contribution in [3.05, 3.63) is 53.1 Å². The van der Waals surface area contributed by atoms with Crippen LogP contribution in [0.15, 0.2) is 52.5 Å². The summed E-state index contributed by atoms with van der Waals surface area (Å²) in [5.41, 5.74) is 3.19. The molecule has 0 spiro atoms. The van der Waals surface area contributed by atoms with Gasteiger partial charge in [-0.15, -0.1) is 11.8 Å². The fraction of sp³-hybridized carbons (Fsp3) is 0.188. The van der Waals surface area contributed by atoms with E-state index in [1.54, 1.807) is 6.07 Å². The van der Waals surface area contributed by atoms with Gasteiger partial charge in [0.2, 0.25) is 0 Å². The minimum absolute atomic E-state index is 0.294. The maximum absolute atomic E-state index is 9.73. The van der Waals surface area contributed by atoms with E-state index in [1.165, 1.54) is 4.90 Å². The van der Waals surface area contributed by atoms with Gasteiger partial charge >= 0.3 is 0 Å². The highest BCUT2D eigenvalue weighted by Gasteiger charge is 2.33. The second-order valence-electron chi connectivity index (χ2n) is 5.23.